The second-order valence-corrected chi connectivity index (χ2v) is 7.19. The van der Waals surface area contributed by atoms with E-state index >= 15 is 0 Å². The summed E-state index contributed by atoms with van der Waals surface area (Å²) in [6.45, 7) is 1.66. The number of aromatic nitrogens is 2. The largest absolute Gasteiger partial charge is 0.416 e. The van der Waals surface area contributed by atoms with Crippen molar-refractivity contribution in [3.63, 3.8) is 0 Å². The van der Waals surface area contributed by atoms with Crippen molar-refractivity contribution in [3.05, 3.63) is 62.8 Å². The third kappa shape index (κ3) is 2.13. The summed E-state index contributed by atoms with van der Waals surface area (Å²) in [5.41, 5.74) is -2.29. The maximum Gasteiger partial charge on any atom is 0.416 e. The summed E-state index contributed by atoms with van der Waals surface area (Å²) in [5.74, 6) is 0. The van der Waals surface area contributed by atoms with Gasteiger partial charge in [0.2, 0.25) is 0 Å². The van der Waals surface area contributed by atoms with Crippen LogP contribution in [0.15, 0.2) is 55.8 Å². The van der Waals surface area contributed by atoms with Crippen molar-refractivity contribution in [1.29, 1.82) is 0 Å². The van der Waals surface area contributed by atoms with Crippen molar-refractivity contribution in [2.24, 2.45) is 0 Å². The van der Waals surface area contributed by atoms with E-state index in [-0.39, 0.29) is 32.9 Å². The fraction of sp³-hybridized carbons (Fsp3) is 0.176. The van der Waals surface area contributed by atoms with E-state index < -0.39 is 33.8 Å². The second kappa shape index (κ2) is 5.41. The predicted molar refractivity (Wildman–Crippen MR) is 89.2 cm³/mol. The van der Waals surface area contributed by atoms with Crippen LogP contribution in [0.25, 0.3) is 16.6 Å². The fourth-order valence-electron chi connectivity index (χ4n) is 3.17. The van der Waals surface area contributed by atoms with Crippen LogP contribution < -0.4 is 11.2 Å². The first-order valence-electron chi connectivity index (χ1n) is 7.67. The summed E-state index contributed by atoms with van der Waals surface area (Å²) in [5, 5.41) is 0.139. The topological polar surface area (TPSA) is 61.1 Å². The van der Waals surface area contributed by atoms with E-state index in [9.17, 15) is 27.0 Å². The molecule has 26 heavy (non-hydrogen) atoms. The Morgan fingerprint density at radius 1 is 1.08 bits per heavy atom. The fourth-order valence-corrected chi connectivity index (χ4v) is 4.52. The average Bonchev–Trinajstić information content (AvgIpc) is 2.60. The molecule has 1 aliphatic heterocycles. The number of para-hydroxylation sites is 1. The molecule has 1 atom stereocenters. The molecule has 0 N–H and O–H groups in total. The molecular weight excluding hydrogens is 369 g/mol. The Morgan fingerprint density at radius 2 is 1.81 bits per heavy atom. The predicted octanol–water partition coefficient (Wildman–Crippen LogP) is 2.67. The highest BCUT2D eigenvalue weighted by Gasteiger charge is 2.34. The Kier molecular flexibility index (Phi) is 3.49. The summed E-state index contributed by atoms with van der Waals surface area (Å²) in [6.07, 6.45) is -4.62. The van der Waals surface area contributed by atoms with Gasteiger partial charge in [-0.3, -0.25) is 13.9 Å². The molecule has 9 heteroatoms. The Labute approximate surface area is 146 Å². The van der Waals surface area contributed by atoms with Gasteiger partial charge in [0, 0.05) is 6.54 Å². The molecular formula is C17H11F3N2O3S. The monoisotopic (exact) mass is 380 g/mol. The highest BCUT2D eigenvalue weighted by molar-refractivity contribution is 7.85. The SMILES string of the molecule is CCn1c(=O)c2cccc3c2n(c1=O)-c1cc(C(F)(F)F)ccc1S3=O. The van der Waals surface area contributed by atoms with Crippen LogP contribution in [-0.2, 0) is 23.5 Å². The molecule has 0 radical (unpaired) electrons. The Bertz CT molecular complexity index is 1220. The number of rotatable bonds is 1. The normalized spacial score (nSPS) is 15.9. The molecule has 0 fully saturated rings. The maximum atomic E-state index is 13.1. The molecule has 0 saturated heterocycles. The molecule has 2 heterocycles. The Morgan fingerprint density at radius 3 is 2.46 bits per heavy atom. The summed E-state index contributed by atoms with van der Waals surface area (Å²) in [6, 6.07) is 7.27. The van der Waals surface area contributed by atoms with E-state index in [1.807, 2.05) is 0 Å². The van der Waals surface area contributed by atoms with Gasteiger partial charge in [0.05, 0.1) is 42.7 Å². The van der Waals surface area contributed by atoms with Crippen LogP contribution in [0.2, 0.25) is 0 Å². The molecule has 0 saturated carbocycles. The summed E-state index contributed by atoms with van der Waals surface area (Å²) < 4.78 is 54.2. The molecule has 0 spiro atoms. The molecule has 3 aromatic rings. The van der Waals surface area contributed by atoms with Crippen LogP contribution in [0.5, 0.6) is 0 Å². The smallest absolute Gasteiger partial charge is 0.268 e. The number of hydrogen-bond acceptors (Lipinski definition) is 3. The van der Waals surface area contributed by atoms with Crippen LogP contribution in [0.1, 0.15) is 12.5 Å². The second-order valence-electron chi connectivity index (χ2n) is 5.77. The summed E-state index contributed by atoms with van der Waals surface area (Å²) in [4.78, 5) is 25.7. The minimum atomic E-state index is -4.62. The number of nitrogens with zero attached hydrogens (tertiary/aromatic N) is 2. The molecule has 2 aromatic carbocycles. The Hall–Kier alpha value is -2.68. The highest BCUT2D eigenvalue weighted by Crippen LogP contribution is 2.37. The van der Waals surface area contributed by atoms with E-state index in [0.29, 0.717) is 0 Å². The number of halogens is 3. The molecule has 0 aliphatic carbocycles. The van der Waals surface area contributed by atoms with Gasteiger partial charge in [-0.1, -0.05) is 6.07 Å². The lowest BCUT2D eigenvalue weighted by Crippen LogP contribution is -2.40. The van der Waals surface area contributed by atoms with Crippen molar-refractivity contribution in [2.45, 2.75) is 29.4 Å². The van der Waals surface area contributed by atoms with Crippen molar-refractivity contribution in [3.8, 4) is 5.69 Å². The molecule has 1 unspecified atom stereocenters. The molecule has 0 bridgehead atoms. The molecule has 5 nitrogen and oxygen atoms in total. The average molecular weight is 380 g/mol. The van der Waals surface area contributed by atoms with Crippen LogP contribution >= 0.6 is 0 Å². The van der Waals surface area contributed by atoms with E-state index in [1.54, 1.807) is 13.0 Å². The molecule has 0 amide bonds. The summed E-state index contributed by atoms with van der Waals surface area (Å²) in [7, 11) is -1.80. The number of benzene rings is 2. The van der Waals surface area contributed by atoms with E-state index in [0.717, 1.165) is 27.3 Å². The standard InChI is InChI=1S/C17H11F3N2O3S/c1-2-21-15(23)10-4-3-5-13-14(10)22(16(21)24)11-8-9(17(18,19)20)6-7-12(11)26(13)25/h3-8H,2H2,1H3. The zero-order valence-corrected chi connectivity index (χ0v) is 14.1. The van der Waals surface area contributed by atoms with Crippen molar-refractivity contribution in [2.75, 3.05) is 0 Å². The van der Waals surface area contributed by atoms with Crippen LogP contribution in [0, 0.1) is 0 Å². The van der Waals surface area contributed by atoms with Gasteiger partial charge in [0.25, 0.3) is 5.56 Å². The quantitative estimate of drug-likeness (QED) is 0.510. The lowest BCUT2D eigenvalue weighted by atomic mass is 10.1. The molecule has 1 aromatic heterocycles. The van der Waals surface area contributed by atoms with Gasteiger partial charge >= 0.3 is 11.9 Å². The van der Waals surface area contributed by atoms with Crippen LogP contribution in [0.3, 0.4) is 0 Å². The lowest BCUT2D eigenvalue weighted by Gasteiger charge is -2.23. The van der Waals surface area contributed by atoms with Crippen LogP contribution in [0.4, 0.5) is 13.2 Å². The van der Waals surface area contributed by atoms with Gasteiger partial charge in [0.1, 0.15) is 0 Å². The summed E-state index contributed by atoms with van der Waals surface area (Å²) >= 11 is 0. The molecule has 134 valence electrons. The first kappa shape index (κ1) is 16.8. The lowest BCUT2D eigenvalue weighted by molar-refractivity contribution is -0.137. The third-order valence-electron chi connectivity index (χ3n) is 4.36. The van der Waals surface area contributed by atoms with Gasteiger partial charge in [-0.05, 0) is 37.3 Å². The third-order valence-corrected chi connectivity index (χ3v) is 5.84. The molecule has 4 rings (SSSR count). The minimum Gasteiger partial charge on any atom is -0.268 e. The zero-order chi connectivity index (χ0) is 18.8. The maximum absolute atomic E-state index is 13.1. The van der Waals surface area contributed by atoms with E-state index in [1.165, 1.54) is 12.1 Å². The van der Waals surface area contributed by atoms with E-state index in [2.05, 4.69) is 0 Å². The van der Waals surface area contributed by atoms with Crippen molar-refractivity contribution >= 4 is 21.7 Å². The van der Waals surface area contributed by atoms with Crippen LogP contribution in [-0.4, -0.2) is 13.3 Å². The first-order valence-corrected chi connectivity index (χ1v) is 8.82. The van der Waals surface area contributed by atoms with Crippen molar-refractivity contribution in [1.82, 2.24) is 9.13 Å². The van der Waals surface area contributed by atoms with Gasteiger partial charge in [-0.15, -0.1) is 0 Å². The van der Waals surface area contributed by atoms with Gasteiger partial charge in [-0.25, -0.2) is 9.00 Å². The minimum absolute atomic E-state index is 0.0647. The number of hydrogen-bond donors (Lipinski definition) is 0. The van der Waals surface area contributed by atoms with Gasteiger partial charge in [0.15, 0.2) is 0 Å². The number of alkyl halides is 3. The number of fused-ring (bicyclic) bond motifs is 2. The molecule has 1 aliphatic rings. The van der Waals surface area contributed by atoms with Gasteiger partial charge < -0.3 is 0 Å². The zero-order valence-electron chi connectivity index (χ0n) is 13.3. The van der Waals surface area contributed by atoms with Gasteiger partial charge in [-0.2, -0.15) is 13.2 Å². The first-order chi connectivity index (χ1) is 12.3. The Balaban J connectivity index is 2.26. The van der Waals surface area contributed by atoms with E-state index in [4.69, 9.17) is 0 Å². The highest BCUT2D eigenvalue weighted by atomic mass is 32.2. The van der Waals surface area contributed by atoms with Crippen molar-refractivity contribution < 1.29 is 17.4 Å².